The lowest BCUT2D eigenvalue weighted by atomic mass is 9.63. The van der Waals surface area contributed by atoms with Gasteiger partial charge >= 0.3 is 5.97 Å². The third-order valence-corrected chi connectivity index (χ3v) is 8.27. The number of carbonyl (C=O) groups excluding carboxylic acids is 1. The Morgan fingerprint density at radius 2 is 1.39 bits per heavy atom. The minimum atomic E-state index is -0.470. The fraction of sp³-hybridized carbons (Fsp3) is 0.966. The summed E-state index contributed by atoms with van der Waals surface area (Å²) < 4.78 is 29.9. The van der Waals surface area contributed by atoms with Crippen molar-refractivity contribution in [1.82, 2.24) is 0 Å². The van der Waals surface area contributed by atoms with Crippen molar-refractivity contribution in [1.29, 1.82) is 0 Å². The van der Waals surface area contributed by atoms with E-state index in [9.17, 15) is 9.90 Å². The van der Waals surface area contributed by atoms with Gasteiger partial charge in [-0.05, 0) is 42.4 Å². The molecule has 2 heterocycles. The van der Waals surface area contributed by atoms with Gasteiger partial charge in [0.25, 0.3) is 0 Å². The molecule has 0 amide bonds. The molecular weight excluding hydrogens is 460 g/mol. The predicted octanol–water partition coefficient (Wildman–Crippen LogP) is 5.18. The van der Waals surface area contributed by atoms with Crippen LogP contribution in [-0.4, -0.2) is 62.8 Å². The van der Waals surface area contributed by atoms with E-state index in [1.54, 1.807) is 0 Å². The molecule has 1 spiro atoms. The average molecular weight is 513 g/mol. The van der Waals surface area contributed by atoms with Crippen LogP contribution in [0.5, 0.6) is 0 Å². The maximum atomic E-state index is 12.6. The third-order valence-electron chi connectivity index (χ3n) is 8.27. The van der Waals surface area contributed by atoms with Gasteiger partial charge in [0.1, 0.15) is 6.61 Å². The zero-order chi connectivity index (χ0) is 26.9. The molecule has 2 aliphatic heterocycles. The van der Waals surface area contributed by atoms with Gasteiger partial charge in [0, 0.05) is 17.3 Å². The second-order valence-electron chi connectivity index (χ2n) is 14.7. The van der Waals surface area contributed by atoms with Crippen LogP contribution in [0.3, 0.4) is 0 Å². The second-order valence-corrected chi connectivity index (χ2v) is 14.7. The van der Waals surface area contributed by atoms with Crippen LogP contribution < -0.4 is 0 Å². The van der Waals surface area contributed by atoms with Crippen LogP contribution in [-0.2, 0) is 28.5 Å². The Bertz CT molecular complexity index is 717. The topological polar surface area (TPSA) is 83.5 Å². The molecule has 0 aromatic carbocycles. The van der Waals surface area contributed by atoms with Gasteiger partial charge in [-0.2, -0.15) is 0 Å². The van der Waals surface area contributed by atoms with Gasteiger partial charge in [-0.15, -0.1) is 0 Å². The number of ether oxygens (including phenoxy) is 5. The predicted molar refractivity (Wildman–Crippen MR) is 138 cm³/mol. The van der Waals surface area contributed by atoms with Crippen molar-refractivity contribution < 1.29 is 33.6 Å². The van der Waals surface area contributed by atoms with E-state index in [2.05, 4.69) is 48.5 Å². The largest absolute Gasteiger partial charge is 0.465 e. The Morgan fingerprint density at radius 1 is 0.861 bits per heavy atom. The number of carbonyl (C=O) groups is 1. The smallest absolute Gasteiger partial charge is 0.305 e. The second kappa shape index (κ2) is 11.2. The first-order valence-corrected chi connectivity index (χ1v) is 13.8. The Labute approximate surface area is 218 Å². The molecule has 3 rings (SSSR count). The minimum Gasteiger partial charge on any atom is -0.465 e. The molecule has 2 saturated heterocycles. The van der Waals surface area contributed by atoms with E-state index in [1.165, 1.54) is 0 Å². The number of hydrogen-bond acceptors (Lipinski definition) is 7. The van der Waals surface area contributed by atoms with Crippen LogP contribution in [0.2, 0.25) is 0 Å². The fourth-order valence-electron chi connectivity index (χ4n) is 5.79. The first-order valence-electron chi connectivity index (χ1n) is 13.8. The van der Waals surface area contributed by atoms with Gasteiger partial charge in [-0.25, -0.2) is 0 Å². The van der Waals surface area contributed by atoms with Gasteiger partial charge in [-0.3, -0.25) is 4.79 Å². The molecule has 36 heavy (non-hydrogen) atoms. The first-order chi connectivity index (χ1) is 16.5. The van der Waals surface area contributed by atoms with Crippen LogP contribution in [0, 0.1) is 39.4 Å². The molecule has 7 heteroatoms. The molecule has 4 unspecified atom stereocenters. The van der Waals surface area contributed by atoms with Crippen molar-refractivity contribution >= 4 is 5.97 Å². The molecule has 1 aliphatic carbocycles. The molecule has 210 valence electrons. The molecule has 0 aromatic heterocycles. The molecule has 1 N–H and O–H groups in total. The lowest BCUT2D eigenvalue weighted by Gasteiger charge is -2.48. The Morgan fingerprint density at radius 3 is 1.89 bits per heavy atom. The van der Waals surface area contributed by atoms with Crippen LogP contribution in [0.15, 0.2) is 0 Å². The maximum Gasteiger partial charge on any atom is 0.305 e. The number of aliphatic hydroxyl groups excluding tert-OH is 1. The molecule has 0 bridgehead atoms. The Kier molecular flexibility index (Phi) is 9.25. The van der Waals surface area contributed by atoms with Gasteiger partial charge in [0.15, 0.2) is 12.6 Å². The van der Waals surface area contributed by atoms with E-state index >= 15 is 0 Å². The van der Waals surface area contributed by atoms with Crippen molar-refractivity contribution in [3.8, 4) is 0 Å². The van der Waals surface area contributed by atoms with Gasteiger partial charge in [0.05, 0.1) is 37.9 Å². The SMILES string of the molecule is CC1CC(CCC(=O)OCC(C)(C)C2OCC3(COC(C(C)(C)C)OC3)CO2)CC(C(C)(C)C)C1O. The number of rotatable bonds is 6. The standard InChI is InChI=1S/C29H52O7/c1-19-12-20(13-21(23(19)31)26(2,3)4)10-11-22(30)32-14-28(8,9)25-35-17-29(18-36-25)15-33-24(34-16-29)27(5,6)7/h19-21,23-25,31H,10-18H2,1-9H3. The van der Waals surface area contributed by atoms with E-state index < -0.39 is 11.7 Å². The minimum absolute atomic E-state index is 0.0552. The zero-order valence-corrected chi connectivity index (χ0v) is 24.2. The van der Waals surface area contributed by atoms with E-state index in [1.807, 2.05) is 13.8 Å². The van der Waals surface area contributed by atoms with Crippen molar-refractivity contribution in [2.24, 2.45) is 39.4 Å². The summed E-state index contributed by atoms with van der Waals surface area (Å²) in [6.45, 7) is 21.3. The number of esters is 1. The zero-order valence-electron chi connectivity index (χ0n) is 24.2. The number of hydrogen-bond donors (Lipinski definition) is 1. The lowest BCUT2D eigenvalue weighted by Crippen LogP contribution is -2.56. The lowest BCUT2D eigenvalue weighted by molar-refractivity contribution is -0.334. The highest BCUT2D eigenvalue weighted by Gasteiger charge is 2.47. The van der Waals surface area contributed by atoms with Crippen molar-refractivity contribution in [2.75, 3.05) is 33.0 Å². The van der Waals surface area contributed by atoms with Gasteiger partial charge < -0.3 is 28.8 Å². The van der Waals surface area contributed by atoms with Crippen LogP contribution in [0.1, 0.15) is 88.0 Å². The maximum absolute atomic E-state index is 12.6. The summed E-state index contributed by atoms with van der Waals surface area (Å²) >= 11 is 0. The summed E-state index contributed by atoms with van der Waals surface area (Å²) in [6.07, 6.45) is 2.18. The normalized spacial score (nSPS) is 36.6. The molecule has 0 radical (unpaired) electrons. The molecule has 1 saturated carbocycles. The highest BCUT2D eigenvalue weighted by Crippen LogP contribution is 2.44. The van der Waals surface area contributed by atoms with E-state index in [4.69, 9.17) is 23.7 Å². The van der Waals surface area contributed by atoms with E-state index in [0.717, 1.165) is 19.3 Å². The number of aliphatic hydroxyl groups is 1. The summed E-state index contributed by atoms with van der Waals surface area (Å²) in [7, 11) is 0. The van der Waals surface area contributed by atoms with Gasteiger partial charge in [0.2, 0.25) is 0 Å². The summed E-state index contributed by atoms with van der Waals surface area (Å²) in [4.78, 5) is 12.6. The molecular formula is C29H52O7. The highest BCUT2D eigenvalue weighted by molar-refractivity contribution is 5.69. The van der Waals surface area contributed by atoms with Crippen LogP contribution in [0.4, 0.5) is 0 Å². The van der Waals surface area contributed by atoms with Crippen molar-refractivity contribution in [2.45, 2.75) is 107 Å². The summed E-state index contributed by atoms with van der Waals surface area (Å²) in [6, 6.07) is 0. The third kappa shape index (κ3) is 7.43. The summed E-state index contributed by atoms with van der Waals surface area (Å²) in [5.41, 5.74) is -0.778. The Balaban J connectivity index is 1.41. The van der Waals surface area contributed by atoms with Crippen molar-refractivity contribution in [3.63, 3.8) is 0 Å². The van der Waals surface area contributed by atoms with E-state index in [0.29, 0.717) is 38.8 Å². The molecule has 0 aromatic rings. The molecule has 4 atom stereocenters. The Hall–Kier alpha value is -0.730. The van der Waals surface area contributed by atoms with Crippen LogP contribution in [0.25, 0.3) is 0 Å². The van der Waals surface area contributed by atoms with Crippen LogP contribution >= 0.6 is 0 Å². The summed E-state index contributed by atoms with van der Waals surface area (Å²) in [5, 5.41) is 10.7. The first kappa shape index (κ1) is 29.8. The quantitative estimate of drug-likeness (QED) is 0.491. The molecule has 7 nitrogen and oxygen atoms in total. The summed E-state index contributed by atoms with van der Waals surface area (Å²) in [5.74, 6) is 0.770. The monoisotopic (exact) mass is 512 g/mol. The highest BCUT2D eigenvalue weighted by atomic mass is 16.7. The van der Waals surface area contributed by atoms with Crippen molar-refractivity contribution in [3.05, 3.63) is 0 Å². The molecule has 3 fully saturated rings. The average Bonchev–Trinajstić information content (AvgIpc) is 2.77. The molecule has 3 aliphatic rings. The fourth-order valence-corrected chi connectivity index (χ4v) is 5.79. The van der Waals surface area contributed by atoms with Gasteiger partial charge in [-0.1, -0.05) is 62.3 Å². The van der Waals surface area contributed by atoms with E-state index in [-0.39, 0.29) is 53.1 Å².